The fourth-order valence-corrected chi connectivity index (χ4v) is 2.26. The minimum atomic E-state index is -1.72. The average molecular weight is 330 g/mol. The molecule has 1 rings (SSSR count). The van der Waals surface area contributed by atoms with E-state index in [9.17, 15) is 9.00 Å². The highest BCUT2D eigenvalue weighted by Gasteiger charge is 2.15. The van der Waals surface area contributed by atoms with E-state index in [2.05, 4.69) is 36.3 Å². The fraction of sp³-hybridized carbons (Fsp3) is 0.615. The van der Waals surface area contributed by atoms with Crippen LogP contribution in [-0.2, 0) is 29.0 Å². The first-order chi connectivity index (χ1) is 10.3. The molecule has 1 aromatic rings. The van der Waals surface area contributed by atoms with Crippen LogP contribution in [0.15, 0.2) is 18.9 Å². The molecule has 0 fully saturated rings. The third kappa shape index (κ3) is 7.43. The van der Waals surface area contributed by atoms with Crippen molar-refractivity contribution >= 4 is 17.0 Å². The molecule has 0 spiro atoms. The molecule has 1 amide bonds. The molecule has 1 aromatic heterocycles. The van der Waals surface area contributed by atoms with Gasteiger partial charge in [0.1, 0.15) is 5.69 Å². The molecule has 1 heterocycles. The Kier molecular flexibility index (Phi) is 7.36. The second kappa shape index (κ2) is 8.76. The topological polar surface area (TPSA) is 97.1 Å². The number of hydrogen-bond donors (Lipinski definition) is 2. The standard InChI is InChI=1S/C13H23N5O3S/c1-4-13(19)14-10-12-11-17(16-15-12)6-8-18(2,3)7-5-9-22(20)21/h4,11H,1,5-10H2,2-3H3,(H-,14,19,20,21)/p+1. The third-order valence-corrected chi connectivity index (χ3v) is 3.87. The third-order valence-electron chi connectivity index (χ3n) is 3.23. The molecule has 0 aromatic carbocycles. The van der Waals surface area contributed by atoms with Gasteiger partial charge < -0.3 is 14.4 Å². The van der Waals surface area contributed by atoms with Crippen LogP contribution in [0.5, 0.6) is 0 Å². The number of amides is 1. The van der Waals surface area contributed by atoms with Crippen molar-refractivity contribution in [2.24, 2.45) is 0 Å². The number of nitrogens with zero attached hydrogens (tertiary/aromatic N) is 4. The van der Waals surface area contributed by atoms with Gasteiger partial charge in [-0.1, -0.05) is 11.8 Å². The monoisotopic (exact) mass is 330 g/mol. The van der Waals surface area contributed by atoms with Gasteiger partial charge in [0.2, 0.25) is 5.91 Å². The minimum Gasteiger partial charge on any atom is -0.347 e. The number of likely N-dealkylation sites (N-methyl/N-ethyl adjacent to an activating group) is 1. The first-order valence-electron chi connectivity index (χ1n) is 7.01. The number of quaternary nitrogens is 1. The Morgan fingerprint density at radius 2 is 2.27 bits per heavy atom. The molecule has 1 atom stereocenters. The maximum atomic E-state index is 11.1. The van der Waals surface area contributed by atoms with E-state index in [1.165, 1.54) is 6.08 Å². The predicted molar refractivity (Wildman–Crippen MR) is 84.2 cm³/mol. The summed E-state index contributed by atoms with van der Waals surface area (Å²) in [5.41, 5.74) is 0.691. The lowest BCUT2D eigenvalue weighted by molar-refractivity contribution is -0.890. The number of nitrogens with one attached hydrogen (secondary N) is 1. The van der Waals surface area contributed by atoms with E-state index in [-0.39, 0.29) is 5.91 Å². The predicted octanol–water partition coefficient (Wildman–Crippen LogP) is -0.231. The van der Waals surface area contributed by atoms with E-state index in [4.69, 9.17) is 4.55 Å². The quantitative estimate of drug-likeness (QED) is 0.351. The van der Waals surface area contributed by atoms with Crippen molar-refractivity contribution in [3.8, 4) is 0 Å². The molecule has 0 saturated heterocycles. The Hall–Kier alpha value is -1.58. The largest absolute Gasteiger partial charge is 0.347 e. The molecule has 8 nitrogen and oxygen atoms in total. The fourth-order valence-electron chi connectivity index (χ4n) is 1.88. The van der Waals surface area contributed by atoms with Gasteiger partial charge in [0.15, 0.2) is 11.1 Å². The van der Waals surface area contributed by atoms with Gasteiger partial charge in [-0.05, 0) is 6.08 Å². The first-order valence-corrected chi connectivity index (χ1v) is 8.29. The van der Waals surface area contributed by atoms with Crippen molar-refractivity contribution in [3.63, 3.8) is 0 Å². The van der Waals surface area contributed by atoms with E-state index in [0.717, 1.165) is 17.6 Å². The van der Waals surface area contributed by atoms with Crippen LogP contribution in [0, 0.1) is 0 Å². The van der Waals surface area contributed by atoms with Crippen molar-refractivity contribution in [2.45, 2.75) is 19.5 Å². The van der Waals surface area contributed by atoms with E-state index in [1.54, 1.807) is 10.9 Å². The molecule has 1 unspecified atom stereocenters. The van der Waals surface area contributed by atoms with Gasteiger partial charge in [-0.3, -0.25) is 4.79 Å². The Morgan fingerprint density at radius 1 is 1.55 bits per heavy atom. The van der Waals surface area contributed by atoms with Crippen molar-refractivity contribution in [2.75, 3.05) is 32.9 Å². The van der Waals surface area contributed by atoms with Gasteiger partial charge in [-0.25, -0.2) is 8.89 Å². The lowest BCUT2D eigenvalue weighted by Gasteiger charge is -2.29. The van der Waals surface area contributed by atoms with Crippen LogP contribution in [0.2, 0.25) is 0 Å². The van der Waals surface area contributed by atoms with Gasteiger partial charge >= 0.3 is 0 Å². The van der Waals surface area contributed by atoms with E-state index < -0.39 is 11.1 Å². The van der Waals surface area contributed by atoms with Crippen molar-refractivity contribution < 1.29 is 18.0 Å². The smallest absolute Gasteiger partial charge is 0.243 e. The van der Waals surface area contributed by atoms with E-state index in [1.807, 2.05) is 0 Å². The van der Waals surface area contributed by atoms with Crippen LogP contribution in [0.3, 0.4) is 0 Å². The maximum Gasteiger partial charge on any atom is 0.243 e. The molecule has 0 saturated carbocycles. The Morgan fingerprint density at radius 3 is 2.91 bits per heavy atom. The Bertz CT molecular complexity index is 530. The normalized spacial score (nSPS) is 12.9. The van der Waals surface area contributed by atoms with Crippen molar-refractivity contribution in [3.05, 3.63) is 24.5 Å². The first kappa shape index (κ1) is 18.5. The van der Waals surface area contributed by atoms with E-state index >= 15 is 0 Å². The summed E-state index contributed by atoms with van der Waals surface area (Å²) in [7, 11) is 4.14. The summed E-state index contributed by atoms with van der Waals surface area (Å²) < 4.78 is 21.9. The molecule has 0 aliphatic rings. The van der Waals surface area contributed by atoms with Gasteiger partial charge in [0.25, 0.3) is 0 Å². The summed E-state index contributed by atoms with van der Waals surface area (Å²) in [5, 5.41) is 10.7. The number of rotatable bonds is 10. The number of carbonyl (C=O) groups is 1. The van der Waals surface area contributed by atoms with Crippen LogP contribution in [0.1, 0.15) is 12.1 Å². The molecule has 0 aliphatic carbocycles. The summed E-state index contributed by atoms with van der Waals surface area (Å²) in [6, 6.07) is 0. The van der Waals surface area contributed by atoms with Crippen LogP contribution >= 0.6 is 0 Å². The lowest BCUT2D eigenvalue weighted by Crippen LogP contribution is -2.43. The summed E-state index contributed by atoms with van der Waals surface area (Å²) in [6.07, 6.45) is 3.71. The molecule has 0 aliphatic heterocycles. The van der Waals surface area contributed by atoms with Gasteiger partial charge in [-0.2, -0.15) is 0 Å². The molecule has 124 valence electrons. The highest BCUT2D eigenvalue weighted by Crippen LogP contribution is 2.02. The summed E-state index contributed by atoms with van der Waals surface area (Å²) in [4.78, 5) is 11.1. The summed E-state index contributed by atoms with van der Waals surface area (Å²) >= 11 is -1.72. The zero-order valence-corrected chi connectivity index (χ0v) is 13.9. The van der Waals surface area contributed by atoms with Gasteiger partial charge in [-0.15, -0.1) is 5.10 Å². The molecule has 22 heavy (non-hydrogen) atoms. The van der Waals surface area contributed by atoms with Gasteiger partial charge in [0.05, 0.1) is 52.2 Å². The van der Waals surface area contributed by atoms with Crippen molar-refractivity contribution in [1.82, 2.24) is 20.3 Å². The molecule has 0 bridgehead atoms. The maximum absolute atomic E-state index is 11.1. The second-order valence-electron chi connectivity index (χ2n) is 5.66. The molecule has 9 heteroatoms. The molecular weight excluding hydrogens is 306 g/mol. The highest BCUT2D eigenvalue weighted by molar-refractivity contribution is 7.79. The molecular formula is C13H24N5O3S+. The van der Waals surface area contributed by atoms with E-state index in [0.29, 0.717) is 31.0 Å². The summed E-state index contributed by atoms with van der Waals surface area (Å²) in [5.74, 6) is 0.0617. The van der Waals surface area contributed by atoms with Gasteiger partial charge in [0, 0.05) is 6.42 Å². The zero-order valence-electron chi connectivity index (χ0n) is 13.1. The molecule has 2 N–H and O–H groups in total. The Balaban J connectivity index is 2.37. The minimum absolute atomic E-state index is 0.242. The molecule has 0 radical (unpaired) electrons. The SMILES string of the molecule is C=CC(=O)NCc1cn(CC[N+](C)(C)CCCS(=O)O)nn1. The van der Waals surface area contributed by atoms with Crippen molar-refractivity contribution in [1.29, 1.82) is 0 Å². The summed E-state index contributed by atoms with van der Waals surface area (Å²) in [6.45, 7) is 6.05. The Labute approximate surface area is 133 Å². The van der Waals surface area contributed by atoms with Crippen LogP contribution in [-0.4, -0.2) is 67.1 Å². The number of hydrogen-bond acceptors (Lipinski definition) is 4. The number of aromatic nitrogens is 3. The second-order valence-corrected chi connectivity index (χ2v) is 6.71. The van der Waals surface area contributed by atoms with Crippen LogP contribution in [0.25, 0.3) is 0 Å². The lowest BCUT2D eigenvalue weighted by atomic mass is 10.3. The van der Waals surface area contributed by atoms with Crippen LogP contribution < -0.4 is 5.32 Å². The number of carbonyl (C=O) groups excluding carboxylic acids is 1. The highest BCUT2D eigenvalue weighted by atomic mass is 32.2. The zero-order chi connectivity index (χ0) is 16.6. The van der Waals surface area contributed by atoms with Crippen LogP contribution in [0.4, 0.5) is 0 Å². The average Bonchev–Trinajstić information content (AvgIpc) is 2.90.